The van der Waals surface area contributed by atoms with E-state index < -0.39 is 0 Å². The first-order valence-electron chi connectivity index (χ1n) is 11.8. The maximum absolute atomic E-state index is 12.7. The van der Waals surface area contributed by atoms with E-state index in [0.29, 0.717) is 23.4 Å². The molecule has 0 radical (unpaired) electrons. The van der Waals surface area contributed by atoms with Crippen molar-refractivity contribution in [3.05, 3.63) is 36.7 Å². The minimum Gasteiger partial charge on any atom is -0.490 e. The number of hydrogen-bond acceptors (Lipinski definition) is 7. The lowest BCUT2D eigenvalue weighted by molar-refractivity contribution is -0.135. The van der Waals surface area contributed by atoms with Crippen LogP contribution in [0.15, 0.2) is 36.7 Å². The monoisotopic (exact) mass is 450 g/mol. The number of fused-ring (bicyclic) bond motifs is 1. The first-order chi connectivity index (χ1) is 16.2. The Hall–Kier alpha value is -3.20. The van der Waals surface area contributed by atoms with Crippen LogP contribution in [0.25, 0.3) is 16.7 Å². The second kappa shape index (κ2) is 9.74. The fourth-order valence-corrected chi connectivity index (χ4v) is 4.89. The number of nitrogens with one attached hydrogen (secondary N) is 1. The van der Waals surface area contributed by atoms with Crippen LogP contribution in [-0.4, -0.2) is 68.0 Å². The first kappa shape index (κ1) is 21.6. The van der Waals surface area contributed by atoms with Gasteiger partial charge in [0.05, 0.1) is 23.7 Å². The lowest BCUT2D eigenvalue weighted by atomic mass is 9.85. The van der Waals surface area contributed by atoms with Crippen LogP contribution in [0.5, 0.6) is 5.75 Å². The number of aliphatic hydroxyl groups excluding tert-OH is 1. The van der Waals surface area contributed by atoms with Crippen LogP contribution in [0.2, 0.25) is 0 Å². The van der Waals surface area contributed by atoms with Crippen molar-refractivity contribution in [1.82, 2.24) is 24.6 Å². The summed E-state index contributed by atoms with van der Waals surface area (Å²) in [6, 6.07) is 7.81. The van der Waals surface area contributed by atoms with Crippen LogP contribution in [0.3, 0.4) is 0 Å². The zero-order valence-corrected chi connectivity index (χ0v) is 18.7. The van der Waals surface area contributed by atoms with Crippen molar-refractivity contribution in [1.29, 1.82) is 0 Å². The molecule has 3 aromatic rings. The molecule has 1 saturated carbocycles. The quantitative estimate of drug-likeness (QED) is 0.570. The Morgan fingerprint density at radius 1 is 1.15 bits per heavy atom. The molecule has 2 aliphatic rings. The second-order valence-electron chi connectivity index (χ2n) is 8.78. The van der Waals surface area contributed by atoms with Crippen molar-refractivity contribution < 1.29 is 14.6 Å². The van der Waals surface area contributed by atoms with Gasteiger partial charge in [-0.3, -0.25) is 4.79 Å². The normalized spacial score (nSPS) is 20.8. The van der Waals surface area contributed by atoms with E-state index in [1.165, 1.54) is 0 Å². The zero-order chi connectivity index (χ0) is 22.6. The molecular weight excluding hydrogens is 420 g/mol. The summed E-state index contributed by atoms with van der Waals surface area (Å²) in [5.74, 6) is 2.42. The summed E-state index contributed by atoms with van der Waals surface area (Å²) < 4.78 is 7.39. The highest BCUT2D eigenvalue weighted by Gasteiger charge is 2.30. The molecule has 1 amide bonds. The van der Waals surface area contributed by atoms with Crippen LogP contribution < -0.4 is 10.1 Å². The van der Waals surface area contributed by atoms with Gasteiger partial charge >= 0.3 is 0 Å². The van der Waals surface area contributed by atoms with Crippen molar-refractivity contribution in [2.24, 2.45) is 5.92 Å². The Kier molecular flexibility index (Phi) is 6.39. The van der Waals surface area contributed by atoms with Gasteiger partial charge in [-0.25, -0.2) is 9.67 Å². The third kappa shape index (κ3) is 4.64. The second-order valence-corrected chi connectivity index (χ2v) is 8.78. The molecule has 0 atom stereocenters. The van der Waals surface area contributed by atoms with Gasteiger partial charge in [-0.05, 0) is 50.7 Å². The van der Waals surface area contributed by atoms with Gasteiger partial charge in [-0.1, -0.05) is 6.07 Å². The molecule has 0 unspecified atom stereocenters. The summed E-state index contributed by atoms with van der Waals surface area (Å²) in [5, 5.41) is 17.9. The number of ether oxygens (including phenoxy) is 1. The van der Waals surface area contributed by atoms with E-state index in [9.17, 15) is 4.79 Å². The molecule has 1 saturated heterocycles. The maximum Gasteiger partial charge on any atom is 0.225 e. The third-order valence-corrected chi connectivity index (χ3v) is 6.61. The highest BCUT2D eigenvalue weighted by molar-refractivity contribution is 5.86. The summed E-state index contributed by atoms with van der Waals surface area (Å²) in [6.45, 7) is 2.04. The number of likely N-dealkylation sites (tertiary alicyclic amines) is 1. The van der Waals surface area contributed by atoms with E-state index in [0.717, 1.165) is 62.5 Å². The summed E-state index contributed by atoms with van der Waals surface area (Å²) >= 11 is 0. The van der Waals surface area contributed by atoms with Crippen LogP contribution in [0, 0.1) is 5.92 Å². The summed E-state index contributed by atoms with van der Waals surface area (Å²) in [5.41, 5.74) is 0.871. The SMILES string of the molecule is O=C(C1CCC(Nc2nccc(-n3ncc4c(OCCO)cccc43)n2)CC1)N1CCCC1. The van der Waals surface area contributed by atoms with E-state index in [1.54, 1.807) is 17.1 Å². The number of hydrogen-bond donors (Lipinski definition) is 2. The molecule has 0 spiro atoms. The number of carbonyl (C=O) groups excluding carboxylic acids is 1. The summed E-state index contributed by atoms with van der Waals surface area (Å²) in [6.07, 6.45) is 9.45. The molecule has 2 aromatic heterocycles. The number of amides is 1. The Morgan fingerprint density at radius 3 is 2.76 bits per heavy atom. The Morgan fingerprint density at radius 2 is 1.97 bits per heavy atom. The topological polar surface area (TPSA) is 105 Å². The fraction of sp³-hybridized carbons (Fsp3) is 0.500. The predicted octanol–water partition coefficient (Wildman–Crippen LogP) is 2.78. The molecule has 33 heavy (non-hydrogen) atoms. The van der Waals surface area contributed by atoms with Crippen molar-refractivity contribution in [3.8, 4) is 11.6 Å². The van der Waals surface area contributed by atoms with Gasteiger partial charge in [0.25, 0.3) is 0 Å². The molecule has 9 heteroatoms. The molecule has 0 bridgehead atoms. The molecule has 174 valence electrons. The van der Waals surface area contributed by atoms with Crippen LogP contribution >= 0.6 is 0 Å². The maximum atomic E-state index is 12.7. The van der Waals surface area contributed by atoms with Crippen LogP contribution in [0.1, 0.15) is 38.5 Å². The van der Waals surface area contributed by atoms with E-state index in [2.05, 4.69) is 15.4 Å². The number of rotatable bonds is 7. The van der Waals surface area contributed by atoms with E-state index in [4.69, 9.17) is 14.8 Å². The van der Waals surface area contributed by atoms with E-state index in [1.807, 2.05) is 29.2 Å². The number of anilines is 1. The number of aliphatic hydroxyl groups is 1. The van der Waals surface area contributed by atoms with Gasteiger partial charge < -0.3 is 20.1 Å². The van der Waals surface area contributed by atoms with E-state index in [-0.39, 0.29) is 25.2 Å². The summed E-state index contributed by atoms with van der Waals surface area (Å²) in [7, 11) is 0. The minimum atomic E-state index is -0.0419. The average molecular weight is 451 g/mol. The van der Waals surface area contributed by atoms with Crippen molar-refractivity contribution in [2.75, 3.05) is 31.6 Å². The van der Waals surface area contributed by atoms with Crippen molar-refractivity contribution in [3.63, 3.8) is 0 Å². The molecule has 1 aliphatic carbocycles. The highest BCUT2D eigenvalue weighted by atomic mass is 16.5. The Balaban J connectivity index is 1.25. The number of benzene rings is 1. The molecular formula is C24H30N6O3. The molecule has 1 aliphatic heterocycles. The summed E-state index contributed by atoms with van der Waals surface area (Å²) in [4.78, 5) is 23.8. The van der Waals surface area contributed by atoms with Crippen LogP contribution in [-0.2, 0) is 4.79 Å². The van der Waals surface area contributed by atoms with Gasteiger partial charge in [-0.2, -0.15) is 10.1 Å². The average Bonchev–Trinajstić information content (AvgIpc) is 3.54. The molecule has 9 nitrogen and oxygen atoms in total. The van der Waals surface area contributed by atoms with Gasteiger partial charge in [0.1, 0.15) is 12.4 Å². The smallest absolute Gasteiger partial charge is 0.225 e. The standard InChI is InChI=1S/C24H30N6O3/c31-14-15-33-21-5-3-4-20-19(21)16-26-30(20)22-10-11-25-24(28-22)27-18-8-6-17(7-9-18)23(32)29-12-1-2-13-29/h3-5,10-11,16-18,31H,1-2,6-9,12-15H2,(H,25,27,28). The zero-order valence-electron chi connectivity index (χ0n) is 18.7. The molecule has 3 heterocycles. The van der Waals surface area contributed by atoms with Crippen molar-refractivity contribution in [2.45, 2.75) is 44.6 Å². The molecule has 2 fully saturated rings. The van der Waals surface area contributed by atoms with Gasteiger partial charge in [0, 0.05) is 37.3 Å². The van der Waals surface area contributed by atoms with Crippen LogP contribution in [0.4, 0.5) is 5.95 Å². The minimum absolute atomic E-state index is 0.0419. The first-order valence-corrected chi connectivity index (χ1v) is 11.8. The van der Waals surface area contributed by atoms with Gasteiger partial charge in [0.15, 0.2) is 5.82 Å². The molecule has 2 N–H and O–H groups in total. The van der Waals surface area contributed by atoms with Crippen molar-refractivity contribution >= 4 is 22.8 Å². The largest absolute Gasteiger partial charge is 0.490 e. The van der Waals surface area contributed by atoms with Gasteiger partial charge in [0.2, 0.25) is 11.9 Å². The lowest BCUT2D eigenvalue weighted by Gasteiger charge is -2.30. The molecule has 5 rings (SSSR count). The van der Waals surface area contributed by atoms with E-state index >= 15 is 0 Å². The highest BCUT2D eigenvalue weighted by Crippen LogP contribution is 2.29. The fourth-order valence-electron chi connectivity index (χ4n) is 4.89. The number of nitrogens with zero attached hydrogens (tertiary/aromatic N) is 5. The Labute approximate surface area is 192 Å². The van der Waals surface area contributed by atoms with Gasteiger partial charge in [-0.15, -0.1) is 0 Å². The molecule has 1 aromatic carbocycles. The lowest BCUT2D eigenvalue weighted by Crippen LogP contribution is -2.37. The predicted molar refractivity (Wildman–Crippen MR) is 124 cm³/mol. The number of aromatic nitrogens is 4. The number of carbonyl (C=O) groups is 1. The third-order valence-electron chi connectivity index (χ3n) is 6.61. The Bertz CT molecular complexity index is 1100.